The molecule has 0 saturated carbocycles. The highest BCUT2D eigenvalue weighted by atomic mass is 79.9. The summed E-state index contributed by atoms with van der Waals surface area (Å²) in [5.41, 5.74) is 0.295. The molecule has 86 valence electrons. The smallest absolute Gasteiger partial charge is 0.377 e. The van der Waals surface area contributed by atoms with E-state index in [0.717, 1.165) is 0 Å². The number of halogens is 1. The Morgan fingerprint density at radius 3 is 2.44 bits per heavy atom. The molecule has 0 fully saturated rings. The lowest BCUT2D eigenvalue weighted by atomic mass is 10.1. The van der Waals surface area contributed by atoms with Gasteiger partial charge in [-0.05, 0) is 34.5 Å². The SMILES string of the molecule is COc1cc(C)c(Br)c(C(=O)C(=O)O)c1O. The predicted molar refractivity (Wildman–Crippen MR) is 59.1 cm³/mol. The molecule has 5 nitrogen and oxygen atoms in total. The quantitative estimate of drug-likeness (QED) is 0.654. The maximum absolute atomic E-state index is 11.4. The molecule has 0 amide bonds. The first kappa shape index (κ1) is 12.5. The molecule has 1 aromatic rings. The molecule has 1 rings (SSSR count). The van der Waals surface area contributed by atoms with E-state index in [9.17, 15) is 14.7 Å². The van der Waals surface area contributed by atoms with Crippen LogP contribution in [0.1, 0.15) is 15.9 Å². The van der Waals surface area contributed by atoms with Crippen molar-refractivity contribution in [1.82, 2.24) is 0 Å². The van der Waals surface area contributed by atoms with E-state index in [4.69, 9.17) is 9.84 Å². The van der Waals surface area contributed by atoms with E-state index < -0.39 is 17.5 Å². The first-order valence-corrected chi connectivity index (χ1v) is 5.03. The molecule has 0 bridgehead atoms. The van der Waals surface area contributed by atoms with Gasteiger partial charge in [-0.15, -0.1) is 0 Å². The van der Waals surface area contributed by atoms with Gasteiger partial charge in [0.25, 0.3) is 5.78 Å². The van der Waals surface area contributed by atoms with E-state index in [2.05, 4.69) is 15.9 Å². The molecule has 0 radical (unpaired) electrons. The van der Waals surface area contributed by atoms with Crippen LogP contribution in [0.3, 0.4) is 0 Å². The van der Waals surface area contributed by atoms with Crippen molar-refractivity contribution < 1.29 is 24.5 Å². The fourth-order valence-corrected chi connectivity index (χ4v) is 1.70. The van der Waals surface area contributed by atoms with E-state index in [1.807, 2.05) is 0 Å². The van der Waals surface area contributed by atoms with Crippen LogP contribution in [0.25, 0.3) is 0 Å². The van der Waals surface area contributed by atoms with Gasteiger partial charge in [0, 0.05) is 4.47 Å². The summed E-state index contributed by atoms with van der Waals surface area (Å²) in [6.07, 6.45) is 0. The summed E-state index contributed by atoms with van der Waals surface area (Å²) in [5.74, 6) is -3.24. The number of phenols is 1. The zero-order valence-electron chi connectivity index (χ0n) is 8.57. The normalized spacial score (nSPS) is 9.94. The number of carboxylic acid groups (broad SMARTS) is 1. The molecule has 0 aliphatic carbocycles. The molecule has 0 aliphatic heterocycles. The Balaban J connectivity index is 3.53. The Kier molecular flexibility index (Phi) is 3.54. The summed E-state index contributed by atoms with van der Waals surface area (Å²) in [4.78, 5) is 22.0. The zero-order chi connectivity index (χ0) is 12.5. The molecule has 0 aliphatic rings. The Morgan fingerprint density at radius 2 is 2.00 bits per heavy atom. The van der Waals surface area contributed by atoms with Crippen molar-refractivity contribution >= 4 is 27.7 Å². The number of aliphatic carboxylic acids is 1. The maximum atomic E-state index is 11.4. The van der Waals surface area contributed by atoms with Gasteiger partial charge in [0.2, 0.25) is 0 Å². The second kappa shape index (κ2) is 4.52. The molecule has 0 unspecified atom stereocenters. The van der Waals surface area contributed by atoms with Gasteiger partial charge in [-0.3, -0.25) is 4.79 Å². The van der Waals surface area contributed by atoms with Gasteiger partial charge in [-0.1, -0.05) is 0 Å². The second-order valence-corrected chi connectivity index (χ2v) is 3.86. The number of hydrogen-bond acceptors (Lipinski definition) is 4. The van der Waals surface area contributed by atoms with Crippen molar-refractivity contribution in [3.8, 4) is 11.5 Å². The summed E-state index contributed by atoms with van der Waals surface area (Å²) in [6, 6.07) is 1.50. The van der Waals surface area contributed by atoms with E-state index >= 15 is 0 Å². The average molecular weight is 289 g/mol. The van der Waals surface area contributed by atoms with Gasteiger partial charge in [-0.2, -0.15) is 0 Å². The lowest BCUT2D eigenvalue weighted by molar-refractivity contribution is -0.131. The summed E-state index contributed by atoms with van der Waals surface area (Å²) < 4.78 is 5.08. The standard InChI is InChI=1S/C10H9BrO5/c1-4-3-5(16-2)8(12)6(7(4)11)9(13)10(14)15/h3,12H,1-2H3,(H,14,15). The average Bonchev–Trinajstić information content (AvgIpc) is 2.23. The fourth-order valence-electron chi connectivity index (χ4n) is 1.22. The first-order chi connectivity index (χ1) is 7.40. The number of methoxy groups -OCH3 is 1. The minimum Gasteiger partial charge on any atom is -0.504 e. The fraction of sp³-hybridized carbons (Fsp3) is 0.200. The van der Waals surface area contributed by atoms with E-state index in [1.54, 1.807) is 6.92 Å². The van der Waals surface area contributed by atoms with Crippen LogP contribution >= 0.6 is 15.9 Å². The number of hydrogen-bond donors (Lipinski definition) is 2. The number of carbonyl (C=O) groups is 2. The lowest BCUT2D eigenvalue weighted by Gasteiger charge is -2.11. The van der Waals surface area contributed by atoms with E-state index in [1.165, 1.54) is 13.2 Å². The summed E-state index contributed by atoms with van der Waals surface area (Å²) in [6.45, 7) is 1.66. The third-order valence-electron chi connectivity index (χ3n) is 2.02. The van der Waals surface area contributed by atoms with Crippen molar-refractivity contribution in [2.45, 2.75) is 6.92 Å². The second-order valence-electron chi connectivity index (χ2n) is 3.07. The molecule has 1 aromatic carbocycles. The van der Waals surface area contributed by atoms with Crippen LogP contribution < -0.4 is 4.74 Å². The number of phenolic OH excluding ortho intramolecular Hbond substituents is 1. The molecule has 0 spiro atoms. The third kappa shape index (κ3) is 2.01. The summed E-state index contributed by atoms with van der Waals surface area (Å²) in [7, 11) is 1.32. The number of ether oxygens (including phenoxy) is 1. The highest BCUT2D eigenvalue weighted by Crippen LogP contribution is 2.37. The minimum atomic E-state index is -1.64. The topological polar surface area (TPSA) is 83.8 Å². The Morgan fingerprint density at radius 1 is 1.44 bits per heavy atom. The van der Waals surface area contributed by atoms with Gasteiger partial charge < -0.3 is 14.9 Å². The number of rotatable bonds is 3. The molecule has 0 atom stereocenters. The van der Waals surface area contributed by atoms with Crippen molar-refractivity contribution in [3.05, 3.63) is 21.7 Å². The number of carboxylic acids is 1. The van der Waals surface area contributed by atoms with Gasteiger partial charge in [0.15, 0.2) is 11.5 Å². The Hall–Kier alpha value is -1.56. The number of aryl methyl sites for hydroxylation is 1. The minimum absolute atomic E-state index is 0.0605. The van der Waals surface area contributed by atoms with Crippen LogP contribution in [-0.4, -0.2) is 29.1 Å². The van der Waals surface area contributed by atoms with Gasteiger partial charge in [0.1, 0.15) is 0 Å². The van der Waals surface area contributed by atoms with Crippen LogP contribution in [0, 0.1) is 6.92 Å². The number of Topliss-reactive ketones (excluding diaryl/α,β-unsaturated/α-hetero) is 1. The first-order valence-electron chi connectivity index (χ1n) is 4.23. The number of carbonyl (C=O) groups excluding carboxylic acids is 1. The number of ketones is 1. The van der Waals surface area contributed by atoms with Crippen LogP contribution in [0.5, 0.6) is 11.5 Å². The Labute approximate surface area is 99.8 Å². The van der Waals surface area contributed by atoms with Gasteiger partial charge in [0.05, 0.1) is 12.7 Å². The highest BCUT2D eigenvalue weighted by Gasteiger charge is 2.25. The van der Waals surface area contributed by atoms with Crippen LogP contribution in [0.2, 0.25) is 0 Å². The maximum Gasteiger partial charge on any atom is 0.377 e. The van der Waals surface area contributed by atoms with Gasteiger partial charge in [-0.25, -0.2) is 4.79 Å². The molecular weight excluding hydrogens is 280 g/mol. The largest absolute Gasteiger partial charge is 0.504 e. The molecule has 16 heavy (non-hydrogen) atoms. The van der Waals surface area contributed by atoms with Crippen molar-refractivity contribution in [2.75, 3.05) is 7.11 Å². The summed E-state index contributed by atoms with van der Waals surface area (Å²) in [5, 5.41) is 18.3. The Bertz CT molecular complexity index is 467. The number of aromatic hydroxyl groups is 1. The highest BCUT2D eigenvalue weighted by molar-refractivity contribution is 9.10. The van der Waals surface area contributed by atoms with Crippen LogP contribution in [0.4, 0.5) is 0 Å². The van der Waals surface area contributed by atoms with Crippen LogP contribution in [-0.2, 0) is 4.79 Å². The lowest BCUT2D eigenvalue weighted by Crippen LogP contribution is -2.14. The molecule has 0 aromatic heterocycles. The molecule has 0 saturated heterocycles. The third-order valence-corrected chi connectivity index (χ3v) is 3.05. The number of benzene rings is 1. The van der Waals surface area contributed by atoms with Crippen molar-refractivity contribution in [1.29, 1.82) is 0 Å². The zero-order valence-corrected chi connectivity index (χ0v) is 10.2. The molecular formula is C10H9BrO5. The van der Waals surface area contributed by atoms with E-state index in [0.29, 0.717) is 5.56 Å². The summed E-state index contributed by atoms with van der Waals surface area (Å²) >= 11 is 3.06. The van der Waals surface area contributed by atoms with Gasteiger partial charge >= 0.3 is 5.97 Å². The van der Waals surface area contributed by atoms with Crippen molar-refractivity contribution in [2.24, 2.45) is 0 Å². The molecule has 2 N–H and O–H groups in total. The predicted octanol–water partition coefficient (Wildman–Crippen LogP) is 1.74. The van der Waals surface area contributed by atoms with Crippen molar-refractivity contribution in [3.63, 3.8) is 0 Å². The molecule has 0 heterocycles. The monoisotopic (exact) mass is 288 g/mol. The van der Waals surface area contributed by atoms with E-state index in [-0.39, 0.29) is 15.8 Å². The molecule has 6 heteroatoms. The van der Waals surface area contributed by atoms with Crippen LogP contribution in [0.15, 0.2) is 10.5 Å².